The molecule has 3 aliphatic rings. The van der Waals surface area contributed by atoms with E-state index in [2.05, 4.69) is 40.8 Å². The number of nitrogens with one attached hydrogen (secondary N) is 1. The van der Waals surface area contributed by atoms with Crippen LogP contribution in [0.4, 0.5) is 0 Å². The van der Waals surface area contributed by atoms with E-state index >= 15 is 0 Å². The second kappa shape index (κ2) is 12.9. The van der Waals surface area contributed by atoms with Gasteiger partial charge in [0, 0.05) is 58.4 Å². The van der Waals surface area contributed by atoms with E-state index in [4.69, 9.17) is 4.99 Å². The summed E-state index contributed by atoms with van der Waals surface area (Å²) >= 11 is 0. The molecule has 1 N–H and O–H groups in total. The monoisotopic (exact) mass is 569 g/mol. The number of hydrogen-bond donors (Lipinski definition) is 1. The van der Waals surface area contributed by atoms with Crippen LogP contribution >= 0.6 is 24.0 Å². The van der Waals surface area contributed by atoms with E-state index in [9.17, 15) is 8.42 Å². The topological polar surface area (TPSA) is 68.2 Å². The van der Waals surface area contributed by atoms with Crippen molar-refractivity contribution in [2.24, 2.45) is 16.8 Å². The Morgan fingerprint density at radius 1 is 1.00 bits per heavy atom. The highest BCUT2D eigenvalue weighted by Crippen LogP contribution is 2.32. The van der Waals surface area contributed by atoms with Crippen molar-refractivity contribution in [3.63, 3.8) is 0 Å². The maximum Gasteiger partial charge on any atom is 0.194 e. The van der Waals surface area contributed by atoms with E-state index in [1.807, 2.05) is 0 Å². The molecule has 0 spiro atoms. The van der Waals surface area contributed by atoms with Crippen LogP contribution in [0.3, 0.4) is 0 Å². The molecule has 0 aromatic rings. The molecule has 0 bridgehead atoms. The van der Waals surface area contributed by atoms with Gasteiger partial charge in [0.15, 0.2) is 15.8 Å². The summed E-state index contributed by atoms with van der Waals surface area (Å²) in [4.78, 5) is 12.2. The molecule has 0 atom stereocenters. The number of nitrogens with zero attached hydrogens (tertiary/aromatic N) is 4. The zero-order valence-electron chi connectivity index (χ0n) is 19.8. The van der Waals surface area contributed by atoms with Crippen molar-refractivity contribution in [1.82, 2.24) is 20.0 Å². The van der Waals surface area contributed by atoms with Gasteiger partial charge in [-0.3, -0.25) is 14.8 Å². The summed E-state index contributed by atoms with van der Waals surface area (Å²) in [6, 6.07) is 0.775. The molecule has 3 rings (SSSR count). The van der Waals surface area contributed by atoms with Gasteiger partial charge in [-0.15, -0.1) is 24.0 Å². The molecule has 0 aromatic heterocycles. The van der Waals surface area contributed by atoms with Gasteiger partial charge in [-0.25, -0.2) is 8.42 Å². The third-order valence-corrected chi connectivity index (χ3v) is 8.87. The van der Waals surface area contributed by atoms with E-state index < -0.39 is 9.84 Å². The highest BCUT2D eigenvalue weighted by molar-refractivity contribution is 14.0. The summed E-state index contributed by atoms with van der Waals surface area (Å²) in [5, 5.41) is 3.46. The van der Waals surface area contributed by atoms with E-state index in [0.717, 1.165) is 69.7 Å². The summed E-state index contributed by atoms with van der Waals surface area (Å²) in [5.41, 5.74) is 0. The maximum atomic E-state index is 11.6. The maximum absolute atomic E-state index is 11.6. The van der Waals surface area contributed by atoms with Gasteiger partial charge in [-0.2, -0.15) is 0 Å². The molecule has 1 saturated carbocycles. The molecule has 2 aliphatic heterocycles. The van der Waals surface area contributed by atoms with Crippen molar-refractivity contribution >= 4 is 39.8 Å². The molecule has 9 heteroatoms. The van der Waals surface area contributed by atoms with Crippen molar-refractivity contribution in [1.29, 1.82) is 0 Å². The molecule has 2 saturated heterocycles. The number of guanidine groups is 1. The highest BCUT2D eigenvalue weighted by atomic mass is 127. The van der Waals surface area contributed by atoms with E-state index in [1.165, 1.54) is 25.7 Å². The Labute approximate surface area is 207 Å². The van der Waals surface area contributed by atoms with Crippen molar-refractivity contribution < 1.29 is 8.42 Å². The largest absolute Gasteiger partial charge is 0.357 e. The lowest BCUT2D eigenvalue weighted by Crippen LogP contribution is -2.55. The lowest BCUT2D eigenvalue weighted by molar-refractivity contribution is 0.0864. The first kappa shape index (κ1) is 27.1. The van der Waals surface area contributed by atoms with Crippen molar-refractivity contribution in [2.45, 2.75) is 52.5 Å². The van der Waals surface area contributed by atoms with Gasteiger partial charge in [0.05, 0.1) is 18.1 Å². The number of rotatable bonds is 6. The van der Waals surface area contributed by atoms with Crippen molar-refractivity contribution in [3.8, 4) is 0 Å². The van der Waals surface area contributed by atoms with Crippen LogP contribution in [-0.2, 0) is 9.84 Å². The first-order chi connectivity index (χ1) is 14.4. The Morgan fingerprint density at radius 3 is 2.16 bits per heavy atom. The van der Waals surface area contributed by atoms with Gasteiger partial charge in [0.1, 0.15) is 0 Å². The standard InChI is InChI=1S/C22H43N5O2S.HI/c1-4-23-22(24-9-10-25-15-17-30(28,29)18-16-25)27-13-11-26(12-14-27)21-7-5-20(6-8-21)19(2)3;/h19-21H,4-18H2,1-3H3,(H,23,24);1H. The van der Waals surface area contributed by atoms with Gasteiger partial charge in [0.25, 0.3) is 0 Å². The predicted octanol–water partition coefficient (Wildman–Crippen LogP) is 2.13. The molecule has 3 fully saturated rings. The highest BCUT2D eigenvalue weighted by Gasteiger charge is 2.30. The van der Waals surface area contributed by atoms with E-state index in [0.29, 0.717) is 13.1 Å². The first-order valence-electron chi connectivity index (χ1n) is 12.1. The fourth-order valence-electron chi connectivity index (χ4n) is 5.13. The van der Waals surface area contributed by atoms with Crippen molar-refractivity contribution in [3.05, 3.63) is 0 Å². The third-order valence-electron chi connectivity index (χ3n) is 7.26. The molecule has 1 aliphatic carbocycles. The molecule has 2 heterocycles. The SMILES string of the molecule is CCNC(=NCCN1CCS(=O)(=O)CC1)N1CCN(C2CCC(C(C)C)CC2)CC1.I. The van der Waals surface area contributed by atoms with E-state index in [1.54, 1.807) is 0 Å². The first-order valence-corrected chi connectivity index (χ1v) is 13.9. The van der Waals surface area contributed by atoms with Gasteiger partial charge < -0.3 is 10.2 Å². The fourth-order valence-corrected chi connectivity index (χ4v) is 6.41. The third kappa shape index (κ3) is 8.30. The Kier molecular flexibility index (Phi) is 11.3. The second-order valence-electron chi connectivity index (χ2n) is 9.56. The normalized spacial score (nSPS) is 28.4. The van der Waals surface area contributed by atoms with Gasteiger partial charge in [0.2, 0.25) is 0 Å². The Hall–Kier alpha value is -0.130. The number of sulfone groups is 1. The molecule has 0 aromatic carbocycles. The number of piperazine rings is 1. The minimum atomic E-state index is -2.81. The van der Waals surface area contributed by atoms with E-state index in [-0.39, 0.29) is 35.5 Å². The molecule has 182 valence electrons. The summed E-state index contributed by atoms with van der Waals surface area (Å²) in [6.07, 6.45) is 5.51. The summed E-state index contributed by atoms with van der Waals surface area (Å²) in [7, 11) is -2.81. The second-order valence-corrected chi connectivity index (χ2v) is 11.9. The number of halogens is 1. The van der Waals surface area contributed by atoms with Crippen molar-refractivity contribution in [2.75, 3.05) is 70.4 Å². The van der Waals surface area contributed by atoms with Crippen LogP contribution in [0.5, 0.6) is 0 Å². The average Bonchev–Trinajstić information content (AvgIpc) is 2.74. The van der Waals surface area contributed by atoms with Crippen LogP contribution in [0, 0.1) is 11.8 Å². The minimum Gasteiger partial charge on any atom is -0.357 e. The summed E-state index contributed by atoms with van der Waals surface area (Å²) in [5.74, 6) is 3.35. The number of hydrogen-bond acceptors (Lipinski definition) is 5. The van der Waals surface area contributed by atoms with Gasteiger partial charge in [-0.1, -0.05) is 13.8 Å². The lowest BCUT2D eigenvalue weighted by atomic mass is 9.79. The zero-order valence-corrected chi connectivity index (χ0v) is 22.9. The van der Waals surface area contributed by atoms with Crippen LogP contribution in [0.25, 0.3) is 0 Å². The Morgan fingerprint density at radius 2 is 1.61 bits per heavy atom. The molecular formula is C22H44IN5O2S. The van der Waals surface area contributed by atoms with Crippen LogP contribution in [-0.4, -0.2) is 106 Å². The predicted molar refractivity (Wildman–Crippen MR) is 140 cm³/mol. The summed E-state index contributed by atoms with van der Waals surface area (Å²) in [6.45, 7) is 14.9. The van der Waals surface area contributed by atoms with Crippen LogP contribution in [0.2, 0.25) is 0 Å². The van der Waals surface area contributed by atoms with Crippen LogP contribution in [0.1, 0.15) is 46.5 Å². The molecule has 31 heavy (non-hydrogen) atoms. The molecular weight excluding hydrogens is 525 g/mol. The molecule has 7 nitrogen and oxygen atoms in total. The van der Waals surface area contributed by atoms with Crippen LogP contribution < -0.4 is 5.32 Å². The Bertz CT molecular complexity index is 643. The molecule has 0 amide bonds. The average molecular weight is 570 g/mol. The zero-order chi connectivity index (χ0) is 21.6. The van der Waals surface area contributed by atoms with Gasteiger partial charge >= 0.3 is 0 Å². The molecule has 0 radical (unpaired) electrons. The minimum absolute atomic E-state index is 0. The quantitative estimate of drug-likeness (QED) is 0.301. The van der Waals surface area contributed by atoms with Gasteiger partial charge in [-0.05, 0) is 44.4 Å². The fraction of sp³-hybridized carbons (Fsp3) is 0.955. The van der Waals surface area contributed by atoms with Crippen LogP contribution in [0.15, 0.2) is 4.99 Å². The summed E-state index contributed by atoms with van der Waals surface area (Å²) < 4.78 is 23.2. The number of aliphatic imine (C=N–C) groups is 1. The molecule has 0 unspecified atom stereocenters. The smallest absolute Gasteiger partial charge is 0.194 e. The Balaban J connectivity index is 0.00000341. The lowest BCUT2D eigenvalue weighted by Gasteiger charge is -2.43.